The minimum absolute atomic E-state index is 0.215. The number of rotatable bonds is 5. The molecule has 0 aliphatic rings. The highest BCUT2D eigenvalue weighted by Crippen LogP contribution is 2.11. The van der Waals surface area contributed by atoms with Gasteiger partial charge in [-0.3, -0.25) is 9.79 Å². The SMILES string of the molecule is CN=C(NCC(C)C(=O)OC)N(C)Cc1ccc(Br)cc1. The van der Waals surface area contributed by atoms with Crippen LogP contribution < -0.4 is 5.32 Å². The van der Waals surface area contributed by atoms with Crippen LogP contribution in [0.3, 0.4) is 0 Å². The quantitative estimate of drug-likeness (QED) is 0.500. The average Bonchev–Trinajstić information content (AvgIpc) is 2.49. The Kier molecular flexibility index (Phi) is 7.22. The molecule has 1 rings (SSSR count). The summed E-state index contributed by atoms with van der Waals surface area (Å²) in [6.07, 6.45) is 0. The molecule has 6 heteroatoms. The third-order valence-corrected chi connectivity index (χ3v) is 3.60. The number of nitrogens with one attached hydrogen (secondary N) is 1. The number of aliphatic imine (C=N–C) groups is 1. The van der Waals surface area contributed by atoms with Crippen molar-refractivity contribution in [1.82, 2.24) is 10.2 Å². The molecule has 0 saturated heterocycles. The Morgan fingerprint density at radius 1 is 1.43 bits per heavy atom. The number of methoxy groups -OCH3 is 1. The largest absolute Gasteiger partial charge is 0.469 e. The summed E-state index contributed by atoms with van der Waals surface area (Å²) in [6, 6.07) is 8.15. The Balaban J connectivity index is 2.55. The van der Waals surface area contributed by atoms with E-state index in [0.29, 0.717) is 6.54 Å². The number of nitrogens with zero attached hydrogens (tertiary/aromatic N) is 2. The molecule has 0 aliphatic carbocycles. The highest BCUT2D eigenvalue weighted by molar-refractivity contribution is 9.10. The Hall–Kier alpha value is -1.56. The average molecular weight is 356 g/mol. The van der Waals surface area contributed by atoms with Gasteiger partial charge in [0.1, 0.15) is 0 Å². The van der Waals surface area contributed by atoms with Crippen molar-refractivity contribution in [3.05, 3.63) is 34.3 Å². The topological polar surface area (TPSA) is 53.9 Å². The number of benzene rings is 1. The van der Waals surface area contributed by atoms with Gasteiger partial charge >= 0.3 is 5.97 Å². The monoisotopic (exact) mass is 355 g/mol. The molecule has 1 aromatic rings. The summed E-state index contributed by atoms with van der Waals surface area (Å²) in [5.41, 5.74) is 1.18. The summed E-state index contributed by atoms with van der Waals surface area (Å²) < 4.78 is 5.77. The zero-order chi connectivity index (χ0) is 15.8. The first kappa shape index (κ1) is 17.5. The summed E-state index contributed by atoms with van der Waals surface area (Å²) in [5.74, 6) is 0.301. The Morgan fingerprint density at radius 2 is 2.05 bits per heavy atom. The van der Waals surface area contributed by atoms with Gasteiger partial charge in [0, 0.05) is 31.7 Å². The third-order valence-electron chi connectivity index (χ3n) is 3.08. The van der Waals surface area contributed by atoms with Gasteiger partial charge in [0.25, 0.3) is 0 Å². The molecule has 0 amide bonds. The Labute approximate surface area is 134 Å². The minimum atomic E-state index is -0.228. The van der Waals surface area contributed by atoms with Crippen molar-refractivity contribution in [1.29, 1.82) is 0 Å². The molecule has 0 aromatic heterocycles. The predicted octanol–water partition coefficient (Wildman–Crippen LogP) is 2.27. The molecule has 0 aliphatic heterocycles. The van der Waals surface area contributed by atoms with Gasteiger partial charge in [-0.2, -0.15) is 0 Å². The van der Waals surface area contributed by atoms with Crippen molar-refractivity contribution in [3.8, 4) is 0 Å². The summed E-state index contributed by atoms with van der Waals surface area (Å²) in [5, 5.41) is 3.18. The van der Waals surface area contributed by atoms with E-state index in [2.05, 4.69) is 38.4 Å². The number of hydrogen-bond acceptors (Lipinski definition) is 3. The lowest BCUT2D eigenvalue weighted by atomic mass is 10.2. The van der Waals surface area contributed by atoms with Crippen LogP contribution in [0.2, 0.25) is 0 Å². The smallest absolute Gasteiger partial charge is 0.310 e. The highest BCUT2D eigenvalue weighted by Gasteiger charge is 2.14. The van der Waals surface area contributed by atoms with Crippen LogP contribution >= 0.6 is 15.9 Å². The fraction of sp³-hybridized carbons (Fsp3) is 0.467. The molecule has 0 spiro atoms. The first-order valence-corrected chi connectivity index (χ1v) is 7.51. The fourth-order valence-corrected chi connectivity index (χ4v) is 2.12. The van der Waals surface area contributed by atoms with Gasteiger partial charge in [-0.1, -0.05) is 35.0 Å². The molecule has 5 nitrogen and oxygen atoms in total. The molecule has 1 atom stereocenters. The number of carbonyl (C=O) groups excluding carboxylic acids is 1. The van der Waals surface area contributed by atoms with E-state index in [1.807, 2.05) is 31.0 Å². The number of hydrogen-bond donors (Lipinski definition) is 1. The van der Waals surface area contributed by atoms with Gasteiger partial charge in [-0.05, 0) is 17.7 Å². The van der Waals surface area contributed by atoms with Crippen molar-refractivity contribution in [2.75, 3.05) is 27.7 Å². The van der Waals surface area contributed by atoms with E-state index >= 15 is 0 Å². The highest BCUT2D eigenvalue weighted by atomic mass is 79.9. The van der Waals surface area contributed by atoms with Crippen LogP contribution in [-0.4, -0.2) is 44.6 Å². The van der Waals surface area contributed by atoms with E-state index in [1.54, 1.807) is 7.05 Å². The van der Waals surface area contributed by atoms with Crippen molar-refractivity contribution < 1.29 is 9.53 Å². The zero-order valence-electron chi connectivity index (χ0n) is 12.9. The molecule has 1 N–H and O–H groups in total. The number of ether oxygens (including phenoxy) is 1. The van der Waals surface area contributed by atoms with E-state index in [1.165, 1.54) is 12.7 Å². The van der Waals surface area contributed by atoms with E-state index in [9.17, 15) is 4.79 Å². The van der Waals surface area contributed by atoms with Crippen molar-refractivity contribution in [3.63, 3.8) is 0 Å². The molecule has 0 radical (unpaired) electrons. The zero-order valence-corrected chi connectivity index (χ0v) is 14.5. The second kappa shape index (κ2) is 8.67. The summed E-state index contributed by atoms with van der Waals surface area (Å²) in [4.78, 5) is 17.6. The first-order valence-electron chi connectivity index (χ1n) is 6.72. The maximum Gasteiger partial charge on any atom is 0.310 e. The van der Waals surface area contributed by atoms with Crippen LogP contribution in [0.25, 0.3) is 0 Å². The third kappa shape index (κ3) is 5.75. The van der Waals surface area contributed by atoms with Gasteiger partial charge in [0.2, 0.25) is 0 Å². The molecule has 21 heavy (non-hydrogen) atoms. The van der Waals surface area contributed by atoms with Crippen molar-refractivity contribution >= 4 is 27.9 Å². The molecule has 0 saturated carbocycles. The van der Waals surface area contributed by atoms with E-state index < -0.39 is 0 Å². The van der Waals surface area contributed by atoms with Crippen LogP contribution in [0, 0.1) is 5.92 Å². The van der Waals surface area contributed by atoms with Gasteiger partial charge in [0.05, 0.1) is 13.0 Å². The number of guanidine groups is 1. The summed E-state index contributed by atoms with van der Waals surface area (Å²) in [6.45, 7) is 3.05. The Morgan fingerprint density at radius 3 is 2.57 bits per heavy atom. The number of halogens is 1. The van der Waals surface area contributed by atoms with Gasteiger partial charge < -0.3 is 15.0 Å². The predicted molar refractivity (Wildman–Crippen MR) is 88.2 cm³/mol. The molecular formula is C15H22BrN3O2. The van der Waals surface area contributed by atoms with Gasteiger partial charge in [-0.15, -0.1) is 0 Å². The molecule has 1 aromatic carbocycles. The van der Waals surface area contributed by atoms with Crippen molar-refractivity contribution in [2.24, 2.45) is 10.9 Å². The van der Waals surface area contributed by atoms with Crippen LogP contribution in [-0.2, 0) is 16.1 Å². The molecular weight excluding hydrogens is 334 g/mol. The van der Waals surface area contributed by atoms with Crippen LogP contribution in [0.1, 0.15) is 12.5 Å². The normalized spacial score (nSPS) is 12.7. The second-order valence-corrected chi connectivity index (χ2v) is 5.75. The lowest BCUT2D eigenvalue weighted by Gasteiger charge is -2.23. The van der Waals surface area contributed by atoms with E-state index in [-0.39, 0.29) is 11.9 Å². The molecule has 116 valence electrons. The fourth-order valence-electron chi connectivity index (χ4n) is 1.85. The lowest BCUT2D eigenvalue weighted by Crippen LogP contribution is -2.41. The van der Waals surface area contributed by atoms with Gasteiger partial charge in [0.15, 0.2) is 5.96 Å². The number of esters is 1. The van der Waals surface area contributed by atoms with E-state index in [4.69, 9.17) is 4.74 Å². The molecule has 1 unspecified atom stereocenters. The van der Waals surface area contributed by atoms with Crippen LogP contribution in [0.5, 0.6) is 0 Å². The van der Waals surface area contributed by atoms with Crippen molar-refractivity contribution in [2.45, 2.75) is 13.5 Å². The summed E-state index contributed by atoms with van der Waals surface area (Å²) >= 11 is 3.42. The Bertz CT molecular complexity index is 488. The number of carbonyl (C=O) groups is 1. The first-order chi connectivity index (χ1) is 9.97. The minimum Gasteiger partial charge on any atom is -0.469 e. The molecule has 0 fully saturated rings. The molecule has 0 heterocycles. The maximum absolute atomic E-state index is 11.4. The second-order valence-electron chi connectivity index (χ2n) is 4.83. The molecule has 0 bridgehead atoms. The standard InChI is InChI=1S/C15H22BrN3O2/c1-11(14(20)21-4)9-18-15(17-2)19(3)10-12-5-7-13(16)8-6-12/h5-8,11H,9-10H2,1-4H3,(H,17,18). The van der Waals surface area contributed by atoms with Crippen LogP contribution in [0.15, 0.2) is 33.7 Å². The summed E-state index contributed by atoms with van der Waals surface area (Å²) in [7, 11) is 5.08. The lowest BCUT2D eigenvalue weighted by molar-refractivity contribution is -0.144. The van der Waals surface area contributed by atoms with E-state index in [0.717, 1.165) is 17.0 Å². The maximum atomic E-state index is 11.4. The van der Waals surface area contributed by atoms with Gasteiger partial charge in [-0.25, -0.2) is 0 Å². The van der Waals surface area contributed by atoms with Crippen LogP contribution in [0.4, 0.5) is 0 Å².